The molecular weight excluding hydrogens is 330 g/mol. The molecule has 1 aromatic heterocycles. The van der Waals surface area contributed by atoms with E-state index in [9.17, 15) is 13.2 Å². The van der Waals surface area contributed by atoms with Crippen molar-refractivity contribution in [1.29, 1.82) is 0 Å². The average molecular weight is 349 g/mol. The minimum Gasteiger partial charge on any atom is -0.363 e. The van der Waals surface area contributed by atoms with Crippen LogP contribution in [0, 0.1) is 6.92 Å². The zero-order valence-electron chi connectivity index (χ0n) is 13.5. The Morgan fingerprint density at radius 1 is 1.42 bits per heavy atom. The van der Waals surface area contributed by atoms with E-state index in [1.807, 2.05) is 19.1 Å². The molecule has 0 spiro atoms. The molecule has 1 N–H and O–H groups in total. The third-order valence-electron chi connectivity index (χ3n) is 4.04. The van der Waals surface area contributed by atoms with Crippen LogP contribution in [0.25, 0.3) is 0 Å². The molecule has 3 rings (SSSR count). The molecule has 1 amide bonds. The molecule has 2 aromatic rings. The van der Waals surface area contributed by atoms with E-state index in [0.717, 1.165) is 5.56 Å². The van der Waals surface area contributed by atoms with Crippen molar-refractivity contribution in [3.8, 4) is 0 Å². The molecule has 1 aliphatic heterocycles. The Labute approximate surface area is 140 Å². The van der Waals surface area contributed by atoms with Crippen molar-refractivity contribution < 1.29 is 17.9 Å². The van der Waals surface area contributed by atoms with Crippen LogP contribution >= 0.6 is 0 Å². The minimum atomic E-state index is -4.03. The Morgan fingerprint density at radius 2 is 2.17 bits per heavy atom. The fraction of sp³-hybridized carbons (Fsp3) is 0.375. The van der Waals surface area contributed by atoms with Gasteiger partial charge < -0.3 is 9.30 Å². The van der Waals surface area contributed by atoms with Gasteiger partial charge in [0.15, 0.2) is 11.1 Å². The zero-order chi connectivity index (χ0) is 17.3. The number of carbonyl (C=O) groups is 1. The number of amides is 1. The van der Waals surface area contributed by atoms with Gasteiger partial charge in [0, 0.05) is 12.7 Å². The number of nitrogens with one attached hydrogen (secondary N) is 1. The molecule has 2 heterocycles. The molecule has 1 unspecified atom stereocenters. The van der Waals surface area contributed by atoms with Gasteiger partial charge >= 0.3 is 0 Å². The van der Waals surface area contributed by atoms with Gasteiger partial charge in [-0.1, -0.05) is 24.3 Å². The van der Waals surface area contributed by atoms with Crippen molar-refractivity contribution in [3.05, 3.63) is 47.4 Å². The molecule has 1 atom stereocenters. The highest BCUT2D eigenvalue weighted by Gasteiger charge is 2.31. The van der Waals surface area contributed by atoms with E-state index in [1.165, 1.54) is 6.20 Å². The van der Waals surface area contributed by atoms with Crippen molar-refractivity contribution in [3.63, 3.8) is 0 Å². The molecule has 0 bridgehead atoms. The second kappa shape index (κ2) is 6.37. The summed E-state index contributed by atoms with van der Waals surface area (Å²) >= 11 is 0. The van der Waals surface area contributed by atoms with Crippen molar-refractivity contribution in [2.75, 3.05) is 6.61 Å². The van der Waals surface area contributed by atoms with E-state index >= 15 is 0 Å². The number of aromatic nitrogens is 2. The molecule has 0 saturated carbocycles. The van der Waals surface area contributed by atoms with Crippen molar-refractivity contribution in [2.45, 2.75) is 37.9 Å². The zero-order valence-corrected chi connectivity index (χ0v) is 14.3. The van der Waals surface area contributed by atoms with Gasteiger partial charge in [-0.3, -0.25) is 4.79 Å². The summed E-state index contributed by atoms with van der Waals surface area (Å²) in [6.07, 6.45) is 1.19. The van der Waals surface area contributed by atoms with Gasteiger partial charge in [0.1, 0.15) is 5.82 Å². The first-order valence-electron chi connectivity index (χ1n) is 7.72. The molecule has 0 radical (unpaired) electrons. The Hall–Kier alpha value is -2.19. The summed E-state index contributed by atoms with van der Waals surface area (Å²) in [5, 5.41) is -0.167. The molecule has 128 valence electrons. The largest absolute Gasteiger partial charge is 0.363 e. The van der Waals surface area contributed by atoms with Gasteiger partial charge in [-0.15, -0.1) is 0 Å². The van der Waals surface area contributed by atoms with E-state index < -0.39 is 22.0 Å². The van der Waals surface area contributed by atoms with E-state index in [4.69, 9.17) is 4.74 Å². The van der Waals surface area contributed by atoms with Crippen molar-refractivity contribution in [2.24, 2.45) is 0 Å². The van der Waals surface area contributed by atoms with Crippen molar-refractivity contribution >= 4 is 15.9 Å². The first-order valence-corrected chi connectivity index (χ1v) is 9.20. The van der Waals surface area contributed by atoms with Crippen LogP contribution in [0.2, 0.25) is 0 Å². The predicted molar refractivity (Wildman–Crippen MR) is 86.8 cm³/mol. The number of benzene rings is 1. The Morgan fingerprint density at radius 3 is 2.88 bits per heavy atom. The number of hydrogen-bond donors (Lipinski definition) is 1. The molecular formula is C16H19N3O4S. The van der Waals surface area contributed by atoms with Crippen LogP contribution in [0.5, 0.6) is 0 Å². The van der Waals surface area contributed by atoms with Crippen LogP contribution in [0.15, 0.2) is 35.5 Å². The summed E-state index contributed by atoms with van der Waals surface area (Å²) in [4.78, 5) is 16.5. The maximum atomic E-state index is 12.5. The van der Waals surface area contributed by atoms with Crippen LogP contribution in [-0.2, 0) is 32.5 Å². The molecule has 7 nitrogen and oxygen atoms in total. The van der Waals surface area contributed by atoms with Gasteiger partial charge in [-0.2, -0.15) is 8.42 Å². The number of carbonyl (C=O) groups excluding carboxylic acids is 1. The highest BCUT2D eigenvalue weighted by molar-refractivity contribution is 7.90. The number of ether oxygens (including phenoxy) is 1. The lowest BCUT2D eigenvalue weighted by atomic mass is 9.97. The molecule has 1 aromatic carbocycles. The second-order valence-electron chi connectivity index (χ2n) is 5.58. The number of hydrogen-bond acceptors (Lipinski definition) is 5. The van der Waals surface area contributed by atoms with Gasteiger partial charge in [-0.25, -0.2) is 9.71 Å². The topological polar surface area (TPSA) is 90.3 Å². The monoisotopic (exact) mass is 349 g/mol. The molecule has 0 saturated heterocycles. The smallest absolute Gasteiger partial charge is 0.283 e. The quantitative estimate of drug-likeness (QED) is 0.899. The van der Waals surface area contributed by atoms with Gasteiger partial charge in [0.25, 0.3) is 15.9 Å². The summed E-state index contributed by atoms with van der Waals surface area (Å²) in [7, 11) is -4.03. The predicted octanol–water partition coefficient (Wildman–Crippen LogP) is 1.33. The van der Waals surface area contributed by atoms with Gasteiger partial charge in [-0.05, 0) is 31.4 Å². The highest BCUT2D eigenvalue weighted by Crippen LogP contribution is 2.27. The molecule has 1 aliphatic rings. The lowest BCUT2D eigenvalue weighted by Crippen LogP contribution is -2.37. The number of nitrogens with zero attached hydrogens (tertiary/aromatic N) is 2. The number of sulfonamides is 1. The van der Waals surface area contributed by atoms with Gasteiger partial charge in [0.2, 0.25) is 0 Å². The highest BCUT2D eigenvalue weighted by atomic mass is 32.2. The Bertz CT molecular complexity index is 873. The van der Waals surface area contributed by atoms with Crippen LogP contribution in [-0.4, -0.2) is 30.5 Å². The van der Waals surface area contributed by atoms with Crippen LogP contribution < -0.4 is 4.72 Å². The maximum absolute atomic E-state index is 12.5. The summed E-state index contributed by atoms with van der Waals surface area (Å²) in [6.45, 7) is 4.57. The average Bonchev–Trinajstić information content (AvgIpc) is 2.95. The first-order chi connectivity index (χ1) is 11.4. The number of fused-ring (bicyclic) bond motifs is 1. The van der Waals surface area contributed by atoms with Crippen LogP contribution in [0.3, 0.4) is 0 Å². The minimum absolute atomic E-state index is 0.167. The Balaban J connectivity index is 1.84. The van der Waals surface area contributed by atoms with Crippen LogP contribution in [0.1, 0.15) is 30.0 Å². The van der Waals surface area contributed by atoms with E-state index in [0.29, 0.717) is 31.0 Å². The van der Waals surface area contributed by atoms with E-state index in [2.05, 4.69) is 9.71 Å². The fourth-order valence-electron chi connectivity index (χ4n) is 2.78. The standard InChI is InChI=1S/C16H19N3O4S/c1-3-19-10-14(17-11(19)2)24(21,22)18-16(20)15-13-7-5-4-6-12(13)8-9-23-15/h4-7,10,15H,3,8-9H2,1-2H3,(H,18,20). The summed E-state index contributed by atoms with van der Waals surface area (Å²) in [6, 6.07) is 7.38. The van der Waals surface area contributed by atoms with Crippen LogP contribution in [0.4, 0.5) is 0 Å². The van der Waals surface area contributed by atoms with Gasteiger partial charge in [0.05, 0.1) is 6.61 Å². The molecule has 24 heavy (non-hydrogen) atoms. The normalized spacial score (nSPS) is 17.3. The Kier molecular flexibility index (Phi) is 4.42. The number of imidazole rings is 1. The first kappa shape index (κ1) is 16.7. The number of rotatable bonds is 4. The SMILES string of the molecule is CCn1cc(S(=O)(=O)NC(=O)C2OCCc3ccccc32)nc1C. The lowest BCUT2D eigenvalue weighted by molar-refractivity contribution is -0.132. The summed E-state index contributed by atoms with van der Waals surface area (Å²) < 4.78 is 34.1. The second-order valence-corrected chi connectivity index (χ2v) is 7.21. The van der Waals surface area contributed by atoms with E-state index in [1.54, 1.807) is 23.6 Å². The lowest BCUT2D eigenvalue weighted by Gasteiger charge is -2.24. The fourth-order valence-corrected chi connectivity index (χ4v) is 3.77. The van der Waals surface area contributed by atoms with Crippen molar-refractivity contribution in [1.82, 2.24) is 14.3 Å². The molecule has 8 heteroatoms. The number of aryl methyl sites for hydroxylation is 2. The third kappa shape index (κ3) is 3.07. The summed E-state index contributed by atoms with van der Waals surface area (Å²) in [5.74, 6) is -0.129. The van der Waals surface area contributed by atoms with E-state index in [-0.39, 0.29) is 5.03 Å². The molecule has 0 aliphatic carbocycles. The summed E-state index contributed by atoms with van der Waals surface area (Å²) in [5.41, 5.74) is 1.69. The maximum Gasteiger partial charge on any atom is 0.283 e. The third-order valence-corrected chi connectivity index (χ3v) is 5.25. The molecule has 0 fully saturated rings.